The van der Waals surface area contributed by atoms with Gasteiger partial charge in [-0.15, -0.1) is 23.1 Å². The number of non-ortho nitro benzene ring substituents is 1. The lowest BCUT2D eigenvalue weighted by Crippen LogP contribution is -2.14. The van der Waals surface area contributed by atoms with Gasteiger partial charge in [0.25, 0.3) is 11.6 Å². The van der Waals surface area contributed by atoms with Crippen LogP contribution in [0.1, 0.15) is 23.0 Å². The van der Waals surface area contributed by atoms with Gasteiger partial charge in [-0.05, 0) is 37.3 Å². The molecule has 2 aromatic carbocycles. The van der Waals surface area contributed by atoms with Gasteiger partial charge in [0, 0.05) is 33.7 Å². The van der Waals surface area contributed by atoms with Gasteiger partial charge in [-0.25, -0.2) is 4.98 Å². The molecule has 3 rings (SSSR count). The van der Waals surface area contributed by atoms with Crippen LogP contribution in [0.4, 0.5) is 16.5 Å². The summed E-state index contributed by atoms with van der Waals surface area (Å²) in [5.41, 5.74) is 1.25. The second kappa shape index (κ2) is 11.9. The summed E-state index contributed by atoms with van der Waals surface area (Å²) in [6, 6.07) is 12.3. The summed E-state index contributed by atoms with van der Waals surface area (Å²) < 4.78 is 4.88. The molecule has 0 saturated heterocycles. The zero-order valence-corrected chi connectivity index (χ0v) is 19.6. The number of nitro benzene ring substituents is 1. The minimum atomic E-state index is -0.532. The Balaban J connectivity index is 1.51. The maximum Gasteiger partial charge on any atom is 0.311 e. The fraction of sp³-hybridized carbons (Fsp3) is 0.182. The van der Waals surface area contributed by atoms with Crippen LogP contribution in [-0.4, -0.2) is 40.1 Å². The molecule has 0 bridgehead atoms. The molecule has 0 atom stereocenters. The van der Waals surface area contributed by atoms with Gasteiger partial charge in [-0.3, -0.25) is 24.5 Å². The van der Waals surface area contributed by atoms with Crippen LogP contribution in [0.25, 0.3) is 0 Å². The van der Waals surface area contributed by atoms with Crippen molar-refractivity contribution in [3.63, 3.8) is 0 Å². The normalized spacial score (nSPS) is 10.4. The van der Waals surface area contributed by atoms with Crippen LogP contribution in [0, 0.1) is 10.1 Å². The van der Waals surface area contributed by atoms with Gasteiger partial charge in [-0.2, -0.15) is 0 Å². The van der Waals surface area contributed by atoms with Crippen molar-refractivity contribution < 1.29 is 24.0 Å². The third kappa shape index (κ3) is 7.39. The smallest absolute Gasteiger partial charge is 0.311 e. The average molecular weight is 501 g/mol. The molecule has 3 aromatic rings. The third-order valence-corrected chi connectivity index (χ3v) is 6.03. The number of nitrogens with one attached hydrogen (secondary N) is 2. The van der Waals surface area contributed by atoms with Crippen LogP contribution >= 0.6 is 23.1 Å². The number of thiazole rings is 1. The number of hydrogen-bond donors (Lipinski definition) is 2. The molecule has 0 aliphatic carbocycles. The van der Waals surface area contributed by atoms with E-state index < -0.39 is 10.8 Å². The predicted octanol–water partition coefficient (Wildman–Crippen LogP) is 4.14. The Bertz CT molecular complexity index is 1200. The molecule has 12 heteroatoms. The molecular formula is C22H20N4O6S2. The molecule has 0 radical (unpaired) electrons. The van der Waals surface area contributed by atoms with E-state index in [1.165, 1.54) is 47.4 Å². The van der Waals surface area contributed by atoms with Crippen molar-refractivity contribution in [2.75, 3.05) is 23.0 Å². The first-order chi connectivity index (χ1) is 16.3. The first-order valence-electron chi connectivity index (χ1n) is 10.0. The SMILES string of the molecule is CCOC(=O)Cc1csc(NC(=O)CSc2cccc(NC(=O)c3ccc([N+](=O)[O-])cc3)c2)n1. The van der Waals surface area contributed by atoms with Crippen LogP contribution in [0.15, 0.2) is 58.8 Å². The third-order valence-electron chi connectivity index (χ3n) is 4.23. The molecule has 0 unspecified atom stereocenters. The summed E-state index contributed by atoms with van der Waals surface area (Å²) in [5.74, 6) is -0.923. The Labute approximate surface area is 202 Å². The van der Waals surface area contributed by atoms with E-state index in [2.05, 4.69) is 15.6 Å². The summed E-state index contributed by atoms with van der Waals surface area (Å²) in [6.07, 6.45) is 0.0490. The Morgan fingerprint density at radius 2 is 1.91 bits per heavy atom. The van der Waals surface area contributed by atoms with Crippen LogP contribution in [0.2, 0.25) is 0 Å². The number of nitrogens with zero attached hydrogens (tertiary/aromatic N) is 2. The first-order valence-corrected chi connectivity index (χ1v) is 11.9. The number of nitro groups is 1. The zero-order chi connectivity index (χ0) is 24.5. The molecule has 1 heterocycles. The van der Waals surface area contributed by atoms with E-state index in [0.29, 0.717) is 23.1 Å². The maximum atomic E-state index is 12.4. The molecule has 2 amide bonds. The van der Waals surface area contributed by atoms with E-state index >= 15 is 0 Å². The van der Waals surface area contributed by atoms with Gasteiger partial charge >= 0.3 is 5.97 Å². The van der Waals surface area contributed by atoms with E-state index in [9.17, 15) is 24.5 Å². The number of ether oxygens (including phenoxy) is 1. The highest BCUT2D eigenvalue weighted by atomic mass is 32.2. The summed E-state index contributed by atoms with van der Waals surface area (Å²) in [5, 5.41) is 18.3. The van der Waals surface area contributed by atoms with Crippen molar-refractivity contribution in [2.24, 2.45) is 0 Å². The molecule has 34 heavy (non-hydrogen) atoms. The molecule has 0 saturated carbocycles. The minimum absolute atomic E-state index is 0.0490. The highest BCUT2D eigenvalue weighted by molar-refractivity contribution is 8.00. The molecular weight excluding hydrogens is 480 g/mol. The number of thioether (sulfide) groups is 1. The number of carbonyl (C=O) groups excluding carboxylic acids is 3. The van der Waals surface area contributed by atoms with Crippen molar-refractivity contribution >= 4 is 57.4 Å². The van der Waals surface area contributed by atoms with E-state index in [4.69, 9.17) is 4.74 Å². The second-order valence-electron chi connectivity index (χ2n) is 6.75. The van der Waals surface area contributed by atoms with Crippen molar-refractivity contribution in [1.29, 1.82) is 0 Å². The Morgan fingerprint density at radius 1 is 1.15 bits per heavy atom. The molecule has 10 nitrogen and oxygen atoms in total. The number of benzene rings is 2. The van der Waals surface area contributed by atoms with Gasteiger partial charge in [0.05, 0.1) is 29.4 Å². The molecule has 1 aromatic heterocycles. The number of hydrogen-bond acceptors (Lipinski definition) is 9. The summed E-state index contributed by atoms with van der Waals surface area (Å²) >= 11 is 2.50. The predicted molar refractivity (Wildman–Crippen MR) is 129 cm³/mol. The summed E-state index contributed by atoms with van der Waals surface area (Å²) in [7, 11) is 0. The van der Waals surface area contributed by atoms with E-state index in [1.54, 1.807) is 36.6 Å². The maximum absolute atomic E-state index is 12.4. The van der Waals surface area contributed by atoms with Crippen molar-refractivity contribution in [3.05, 3.63) is 75.3 Å². The van der Waals surface area contributed by atoms with Crippen molar-refractivity contribution in [2.45, 2.75) is 18.2 Å². The molecule has 0 aliphatic rings. The lowest BCUT2D eigenvalue weighted by molar-refractivity contribution is -0.384. The molecule has 0 aliphatic heterocycles. The Morgan fingerprint density at radius 3 is 2.62 bits per heavy atom. The fourth-order valence-electron chi connectivity index (χ4n) is 2.71. The molecule has 0 spiro atoms. The lowest BCUT2D eigenvalue weighted by Gasteiger charge is -2.07. The number of aromatic nitrogens is 1. The first kappa shape index (κ1) is 24.9. The second-order valence-corrected chi connectivity index (χ2v) is 8.66. The summed E-state index contributed by atoms with van der Waals surface area (Å²) in [6.45, 7) is 2.02. The molecule has 176 valence electrons. The van der Waals surface area contributed by atoms with Gasteiger partial charge in [0.1, 0.15) is 0 Å². The number of amides is 2. The van der Waals surface area contributed by atoms with E-state index in [0.717, 1.165) is 4.90 Å². The molecule has 0 fully saturated rings. The largest absolute Gasteiger partial charge is 0.466 e. The van der Waals surface area contributed by atoms with Crippen molar-refractivity contribution in [1.82, 2.24) is 4.98 Å². The molecule has 2 N–H and O–H groups in total. The van der Waals surface area contributed by atoms with Gasteiger partial charge in [-0.1, -0.05) is 6.07 Å². The van der Waals surface area contributed by atoms with Crippen LogP contribution < -0.4 is 10.6 Å². The average Bonchev–Trinajstić information content (AvgIpc) is 3.24. The number of anilines is 2. The fourth-order valence-corrected chi connectivity index (χ4v) is 4.19. The minimum Gasteiger partial charge on any atom is -0.466 e. The van der Waals surface area contributed by atoms with Crippen LogP contribution in [-0.2, 0) is 20.7 Å². The highest BCUT2D eigenvalue weighted by Crippen LogP contribution is 2.23. The summed E-state index contributed by atoms with van der Waals surface area (Å²) in [4.78, 5) is 51.4. The Hall–Kier alpha value is -3.77. The monoisotopic (exact) mass is 500 g/mol. The van der Waals surface area contributed by atoms with Gasteiger partial charge in [0.2, 0.25) is 5.91 Å². The standard InChI is InChI=1S/C22H20N4O6S2/c1-2-32-20(28)11-16-12-34-22(24-16)25-19(27)13-33-18-5-3-4-15(10-18)23-21(29)14-6-8-17(9-7-14)26(30)31/h3-10,12H,2,11,13H2,1H3,(H,23,29)(H,24,25,27). The van der Waals surface area contributed by atoms with E-state index in [1.807, 2.05) is 0 Å². The Kier molecular flexibility index (Phi) is 8.71. The van der Waals surface area contributed by atoms with Gasteiger partial charge < -0.3 is 15.4 Å². The van der Waals surface area contributed by atoms with Gasteiger partial charge in [0.15, 0.2) is 5.13 Å². The quantitative estimate of drug-likeness (QED) is 0.183. The number of esters is 1. The zero-order valence-electron chi connectivity index (χ0n) is 18.0. The number of rotatable bonds is 10. The highest BCUT2D eigenvalue weighted by Gasteiger charge is 2.12. The van der Waals surface area contributed by atoms with E-state index in [-0.39, 0.29) is 35.3 Å². The topological polar surface area (TPSA) is 141 Å². The van der Waals surface area contributed by atoms with Crippen LogP contribution in [0.3, 0.4) is 0 Å². The number of carbonyl (C=O) groups is 3. The van der Waals surface area contributed by atoms with Crippen LogP contribution in [0.5, 0.6) is 0 Å². The lowest BCUT2D eigenvalue weighted by atomic mass is 10.2. The van der Waals surface area contributed by atoms with Crippen molar-refractivity contribution in [3.8, 4) is 0 Å².